The van der Waals surface area contributed by atoms with E-state index in [0.717, 1.165) is 34.3 Å². The molecule has 1 radical (unpaired) electrons. The summed E-state index contributed by atoms with van der Waals surface area (Å²) in [5.41, 5.74) is 8.42. The molecule has 0 atom stereocenters. The van der Waals surface area contributed by atoms with Crippen molar-refractivity contribution in [2.75, 3.05) is 0 Å². The second kappa shape index (κ2) is 5.16. The first-order valence-electron chi connectivity index (χ1n) is 7.97. The molecule has 1 saturated carbocycles. The zero-order valence-corrected chi connectivity index (χ0v) is 12.5. The first kappa shape index (κ1) is 13.4. The fourth-order valence-electron chi connectivity index (χ4n) is 3.86. The van der Waals surface area contributed by atoms with Gasteiger partial charge in [-0.3, -0.25) is 4.79 Å². The Morgan fingerprint density at radius 2 is 1.95 bits per heavy atom. The largest absolute Gasteiger partial charge is 0.366 e. The molecule has 1 aliphatic carbocycles. The number of benzene rings is 2. The Morgan fingerprint density at radius 1 is 1.18 bits per heavy atom. The lowest BCUT2D eigenvalue weighted by Crippen LogP contribution is -2.11. The van der Waals surface area contributed by atoms with Crippen LogP contribution in [0, 0.1) is 12.0 Å². The van der Waals surface area contributed by atoms with Gasteiger partial charge in [-0.2, -0.15) is 0 Å². The minimum Gasteiger partial charge on any atom is -0.366 e. The maximum atomic E-state index is 11.8. The Hall–Kier alpha value is -2.29. The number of carbonyl (C=O) groups excluding carboxylic acids is 1. The molecule has 1 fully saturated rings. The minimum absolute atomic E-state index is 0.372. The van der Waals surface area contributed by atoms with Gasteiger partial charge in [-0.25, -0.2) is 0 Å². The van der Waals surface area contributed by atoms with Crippen LogP contribution in [0.4, 0.5) is 0 Å². The summed E-state index contributed by atoms with van der Waals surface area (Å²) in [4.78, 5) is 11.8. The number of fused-ring (bicyclic) bond motifs is 3. The average molecular weight is 291 g/mol. The number of carbonyl (C=O) groups is 1. The molecule has 4 rings (SSSR count). The first-order chi connectivity index (χ1) is 10.8. The molecule has 2 N–H and O–H groups in total. The molecule has 0 spiro atoms. The van der Waals surface area contributed by atoms with E-state index in [4.69, 9.17) is 5.73 Å². The van der Waals surface area contributed by atoms with Crippen molar-refractivity contribution < 1.29 is 4.79 Å². The van der Waals surface area contributed by atoms with Crippen molar-refractivity contribution in [3.8, 4) is 0 Å². The maximum Gasteiger partial charge on any atom is 0.249 e. The van der Waals surface area contributed by atoms with Gasteiger partial charge in [0.1, 0.15) is 0 Å². The van der Waals surface area contributed by atoms with Crippen LogP contribution in [-0.2, 0) is 6.54 Å². The molecule has 3 heteroatoms. The van der Waals surface area contributed by atoms with Crippen LogP contribution in [0.1, 0.15) is 36.0 Å². The third-order valence-electron chi connectivity index (χ3n) is 4.89. The standard InChI is InChI=1S/C19H19N2O/c20-19(22)15-9-5-11-17-18(15)14-8-3-4-10-16(14)21(17)12-13-6-1-2-7-13/h3-5,9-11,13H,1-2,6-7,12H2,(H2,20,22). The van der Waals surface area contributed by atoms with Crippen molar-refractivity contribution >= 4 is 27.7 Å². The summed E-state index contributed by atoms with van der Waals surface area (Å²) < 4.78 is 2.35. The molecule has 0 aliphatic heterocycles. The molecule has 0 saturated heterocycles. The fourth-order valence-corrected chi connectivity index (χ4v) is 3.86. The van der Waals surface area contributed by atoms with Gasteiger partial charge in [-0.05, 0) is 43.0 Å². The summed E-state index contributed by atoms with van der Waals surface area (Å²) in [7, 11) is 0. The van der Waals surface area contributed by atoms with E-state index in [-0.39, 0.29) is 5.91 Å². The zero-order valence-electron chi connectivity index (χ0n) is 12.5. The number of primary amides is 1. The summed E-state index contributed by atoms with van der Waals surface area (Å²) >= 11 is 0. The average Bonchev–Trinajstić information content (AvgIpc) is 3.15. The Labute approximate surface area is 129 Å². The normalized spacial score (nSPS) is 15.8. The van der Waals surface area contributed by atoms with Gasteiger partial charge in [-0.15, -0.1) is 0 Å². The Bertz CT molecular complexity index is 856. The highest BCUT2D eigenvalue weighted by Gasteiger charge is 2.20. The van der Waals surface area contributed by atoms with Gasteiger partial charge < -0.3 is 10.3 Å². The van der Waals surface area contributed by atoms with E-state index in [1.54, 1.807) is 0 Å². The first-order valence-corrected chi connectivity index (χ1v) is 7.97. The van der Waals surface area contributed by atoms with Gasteiger partial charge in [0.15, 0.2) is 0 Å². The smallest absolute Gasteiger partial charge is 0.249 e. The van der Waals surface area contributed by atoms with E-state index in [1.807, 2.05) is 24.3 Å². The van der Waals surface area contributed by atoms with Crippen LogP contribution < -0.4 is 5.73 Å². The van der Waals surface area contributed by atoms with Crippen molar-refractivity contribution in [3.05, 3.63) is 48.0 Å². The predicted octanol–water partition coefficient (Wildman–Crippen LogP) is 3.88. The third kappa shape index (κ3) is 2.00. The molecule has 1 aromatic heterocycles. The quantitative estimate of drug-likeness (QED) is 0.782. The van der Waals surface area contributed by atoms with Gasteiger partial charge in [0, 0.05) is 33.9 Å². The number of nitrogens with two attached hydrogens (primary N) is 1. The number of rotatable bonds is 3. The van der Waals surface area contributed by atoms with E-state index in [0.29, 0.717) is 5.56 Å². The number of hydrogen-bond acceptors (Lipinski definition) is 1. The van der Waals surface area contributed by atoms with Crippen LogP contribution >= 0.6 is 0 Å². The summed E-state index contributed by atoms with van der Waals surface area (Å²) in [5, 5.41) is 1.95. The summed E-state index contributed by atoms with van der Waals surface area (Å²) in [6.45, 7) is 1.01. The molecule has 2 aromatic carbocycles. The Kier molecular flexibility index (Phi) is 3.14. The molecule has 1 amide bonds. The van der Waals surface area contributed by atoms with Gasteiger partial charge in [0.05, 0.1) is 0 Å². The van der Waals surface area contributed by atoms with E-state index < -0.39 is 0 Å². The van der Waals surface area contributed by atoms with E-state index in [2.05, 4.69) is 22.8 Å². The molecular formula is C19H19N2O. The molecule has 111 valence electrons. The highest BCUT2D eigenvalue weighted by molar-refractivity contribution is 6.17. The van der Waals surface area contributed by atoms with Gasteiger partial charge in [0.25, 0.3) is 0 Å². The molecule has 1 aliphatic rings. The molecule has 3 nitrogen and oxygen atoms in total. The van der Waals surface area contributed by atoms with E-state index >= 15 is 0 Å². The number of aromatic nitrogens is 1. The van der Waals surface area contributed by atoms with Crippen molar-refractivity contribution in [1.82, 2.24) is 4.57 Å². The molecular weight excluding hydrogens is 272 g/mol. The van der Waals surface area contributed by atoms with E-state index in [1.165, 1.54) is 25.7 Å². The van der Waals surface area contributed by atoms with Gasteiger partial charge in [-0.1, -0.05) is 31.0 Å². The third-order valence-corrected chi connectivity index (χ3v) is 4.89. The van der Waals surface area contributed by atoms with Crippen LogP contribution in [0.15, 0.2) is 36.4 Å². The Balaban J connectivity index is 2.00. The minimum atomic E-state index is -0.372. The highest BCUT2D eigenvalue weighted by Crippen LogP contribution is 2.34. The summed E-state index contributed by atoms with van der Waals surface area (Å²) in [6.07, 6.45) is 5.27. The lowest BCUT2D eigenvalue weighted by Gasteiger charge is -2.13. The predicted molar refractivity (Wildman–Crippen MR) is 88.8 cm³/mol. The van der Waals surface area contributed by atoms with E-state index in [9.17, 15) is 4.79 Å². The lowest BCUT2D eigenvalue weighted by molar-refractivity contribution is 0.100. The highest BCUT2D eigenvalue weighted by atomic mass is 16.1. The SMILES string of the molecule is NC(=O)c1cccc2c1c1[c]cccc1n2CC1CCCC1. The van der Waals surface area contributed by atoms with Crippen LogP contribution in [-0.4, -0.2) is 10.5 Å². The zero-order chi connectivity index (χ0) is 15.1. The molecule has 1 heterocycles. The monoisotopic (exact) mass is 291 g/mol. The van der Waals surface area contributed by atoms with Crippen LogP contribution in [0.2, 0.25) is 0 Å². The van der Waals surface area contributed by atoms with Crippen LogP contribution in [0.3, 0.4) is 0 Å². The second-order valence-corrected chi connectivity index (χ2v) is 6.26. The van der Waals surface area contributed by atoms with Crippen LogP contribution in [0.5, 0.6) is 0 Å². The molecule has 0 bridgehead atoms. The number of amides is 1. The summed E-state index contributed by atoms with van der Waals surface area (Å²) in [5.74, 6) is 0.360. The molecule has 3 aromatic rings. The second-order valence-electron chi connectivity index (χ2n) is 6.26. The molecule has 22 heavy (non-hydrogen) atoms. The van der Waals surface area contributed by atoms with Crippen molar-refractivity contribution in [1.29, 1.82) is 0 Å². The maximum absolute atomic E-state index is 11.8. The van der Waals surface area contributed by atoms with Gasteiger partial charge >= 0.3 is 0 Å². The van der Waals surface area contributed by atoms with Crippen molar-refractivity contribution in [3.63, 3.8) is 0 Å². The molecule has 0 unspecified atom stereocenters. The van der Waals surface area contributed by atoms with Crippen molar-refractivity contribution in [2.24, 2.45) is 11.7 Å². The number of nitrogens with zero attached hydrogens (tertiary/aromatic N) is 1. The summed E-state index contributed by atoms with van der Waals surface area (Å²) in [6, 6.07) is 15.2. The number of hydrogen-bond donors (Lipinski definition) is 1. The van der Waals surface area contributed by atoms with Gasteiger partial charge in [0.2, 0.25) is 5.91 Å². The lowest BCUT2D eigenvalue weighted by atomic mass is 10.1. The topological polar surface area (TPSA) is 48.0 Å². The van der Waals surface area contributed by atoms with Crippen molar-refractivity contribution in [2.45, 2.75) is 32.2 Å². The van der Waals surface area contributed by atoms with Crippen LogP contribution in [0.25, 0.3) is 21.8 Å². The Morgan fingerprint density at radius 3 is 2.73 bits per heavy atom. The fraction of sp³-hybridized carbons (Fsp3) is 0.316.